The van der Waals surface area contributed by atoms with Crippen molar-refractivity contribution in [2.75, 3.05) is 18.0 Å². The largest absolute Gasteiger partial charge is 0.356 e. The number of rotatable bonds is 4. The molecule has 1 aliphatic heterocycles. The Hall–Kier alpha value is -1.09. The normalized spacial score (nSPS) is 18.6. The molecule has 2 N–H and O–H groups in total. The van der Waals surface area contributed by atoms with Crippen molar-refractivity contribution in [2.24, 2.45) is 17.6 Å². The van der Waals surface area contributed by atoms with Gasteiger partial charge in [0.25, 0.3) is 0 Å². The Bertz CT molecular complexity index is 432. The van der Waals surface area contributed by atoms with Gasteiger partial charge in [-0.1, -0.05) is 19.9 Å². The van der Waals surface area contributed by atoms with Gasteiger partial charge >= 0.3 is 0 Å². The molecular weight excluding hydrogens is 246 g/mol. The minimum absolute atomic E-state index is 0.198. The molecule has 2 rings (SSSR count). The number of hydrogen-bond donors (Lipinski definition) is 1. The van der Waals surface area contributed by atoms with Gasteiger partial charge in [0.1, 0.15) is 5.82 Å². The first-order valence-electron chi connectivity index (χ1n) is 7.93. The molecule has 3 heteroatoms. The molecule has 0 bridgehead atoms. The zero-order valence-corrected chi connectivity index (χ0v) is 13.4. The van der Waals surface area contributed by atoms with Crippen molar-refractivity contribution in [3.63, 3.8) is 0 Å². The highest BCUT2D eigenvalue weighted by atomic mass is 15.2. The SMILES string of the molecule is Cc1cc(CC(C)N)cnc1N1CCC(C(C)C)CC1. The Labute approximate surface area is 123 Å². The molecule has 0 aliphatic carbocycles. The molecule has 3 nitrogen and oxygen atoms in total. The quantitative estimate of drug-likeness (QED) is 0.918. The van der Waals surface area contributed by atoms with Gasteiger partial charge in [-0.2, -0.15) is 0 Å². The standard InChI is InChI=1S/C17H29N3/c1-12(2)16-5-7-20(8-6-16)17-13(3)9-15(11-19-17)10-14(4)18/h9,11-12,14,16H,5-8,10,18H2,1-4H3. The predicted octanol–water partition coefficient (Wildman–Crippen LogP) is 3.15. The molecule has 2 heterocycles. The summed E-state index contributed by atoms with van der Waals surface area (Å²) >= 11 is 0. The fourth-order valence-electron chi connectivity index (χ4n) is 3.22. The predicted molar refractivity (Wildman–Crippen MR) is 86.1 cm³/mol. The summed E-state index contributed by atoms with van der Waals surface area (Å²) in [6, 6.07) is 2.45. The van der Waals surface area contributed by atoms with E-state index in [-0.39, 0.29) is 6.04 Å². The Balaban J connectivity index is 2.03. The van der Waals surface area contributed by atoms with Crippen molar-refractivity contribution in [3.05, 3.63) is 23.4 Å². The van der Waals surface area contributed by atoms with Gasteiger partial charge in [-0.05, 0) is 56.1 Å². The van der Waals surface area contributed by atoms with Crippen molar-refractivity contribution < 1.29 is 0 Å². The maximum Gasteiger partial charge on any atom is 0.131 e. The lowest BCUT2D eigenvalue weighted by atomic mass is 9.86. The summed E-state index contributed by atoms with van der Waals surface area (Å²) in [7, 11) is 0. The summed E-state index contributed by atoms with van der Waals surface area (Å²) < 4.78 is 0. The monoisotopic (exact) mass is 275 g/mol. The lowest BCUT2D eigenvalue weighted by Gasteiger charge is -2.35. The number of hydrogen-bond acceptors (Lipinski definition) is 3. The summed E-state index contributed by atoms with van der Waals surface area (Å²) in [6.07, 6.45) is 5.49. The molecule has 0 saturated carbocycles. The summed E-state index contributed by atoms with van der Waals surface area (Å²) in [5.74, 6) is 2.85. The van der Waals surface area contributed by atoms with E-state index >= 15 is 0 Å². The number of piperidine rings is 1. The van der Waals surface area contributed by atoms with Crippen LogP contribution in [0.4, 0.5) is 5.82 Å². The molecule has 0 aromatic carbocycles. The topological polar surface area (TPSA) is 42.1 Å². The van der Waals surface area contributed by atoms with E-state index < -0.39 is 0 Å². The highest BCUT2D eigenvalue weighted by Crippen LogP contribution is 2.28. The van der Waals surface area contributed by atoms with Crippen LogP contribution in [-0.2, 0) is 6.42 Å². The van der Waals surface area contributed by atoms with Crippen LogP contribution in [0.5, 0.6) is 0 Å². The molecule has 1 aliphatic rings. The van der Waals surface area contributed by atoms with Gasteiger partial charge in [0.15, 0.2) is 0 Å². The maximum atomic E-state index is 5.86. The number of anilines is 1. The van der Waals surface area contributed by atoms with E-state index in [2.05, 4.69) is 31.7 Å². The van der Waals surface area contributed by atoms with Crippen LogP contribution in [0.25, 0.3) is 0 Å². The second-order valence-electron chi connectivity index (χ2n) is 6.73. The first kappa shape index (κ1) is 15.3. The Morgan fingerprint density at radius 3 is 2.45 bits per heavy atom. The third kappa shape index (κ3) is 3.72. The Morgan fingerprint density at radius 1 is 1.30 bits per heavy atom. The van der Waals surface area contributed by atoms with Gasteiger partial charge in [-0.15, -0.1) is 0 Å². The lowest BCUT2D eigenvalue weighted by molar-refractivity contribution is 0.310. The lowest BCUT2D eigenvalue weighted by Crippen LogP contribution is -2.36. The third-order valence-electron chi connectivity index (χ3n) is 4.45. The van der Waals surface area contributed by atoms with E-state index in [1.807, 2.05) is 13.1 Å². The summed E-state index contributed by atoms with van der Waals surface area (Å²) in [6.45, 7) is 11.2. The average Bonchev–Trinajstić information content (AvgIpc) is 2.38. The van der Waals surface area contributed by atoms with Crippen LogP contribution in [0.1, 0.15) is 44.7 Å². The smallest absolute Gasteiger partial charge is 0.131 e. The molecule has 1 aromatic heterocycles. The van der Waals surface area contributed by atoms with Crippen molar-refractivity contribution in [1.82, 2.24) is 4.98 Å². The third-order valence-corrected chi connectivity index (χ3v) is 4.45. The maximum absolute atomic E-state index is 5.86. The highest BCUT2D eigenvalue weighted by molar-refractivity contribution is 5.47. The van der Waals surface area contributed by atoms with Gasteiger partial charge in [0.05, 0.1) is 0 Å². The van der Waals surface area contributed by atoms with Crippen LogP contribution < -0.4 is 10.6 Å². The van der Waals surface area contributed by atoms with E-state index in [1.54, 1.807) is 0 Å². The molecule has 1 fully saturated rings. The average molecular weight is 275 g/mol. The van der Waals surface area contributed by atoms with E-state index in [1.165, 1.54) is 29.8 Å². The van der Waals surface area contributed by atoms with Gasteiger partial charge < -0.3 is 10.6 Å². The van der Waals surface area contributed by atoms with Gasteiger partial charge in [-0.25, -0.2) is 4.98 Å². The van der Waals surface area contributed by atoms with Crippen LogP contribution in [-0.4, -0.2) is 24.1 Å². The van der Waals surface area contributed by atoms with Gasteiger partial charge in [-0.3, -0.25) is 0 Å². The fraction of sp³-hybridized carbons (Fsp3) is 0.706. The Morgan fingerprint density at radius 2 is 1.95 bits per heavy atom. The number of pyridine rings is 1. The zero-order valence-electron chi connectivity index (χ0n) is 13.4. The first-order valence-corrected chi connectivity index (χ1v) is 7.93. The number of nitrogens with two attached hydrogens (primary N) is 1. The molecule has 1 unspecified atom stereocenters. The molecule has 1 atom stereocenters. The van der Waals surface area contributed by atoms with Crippen molar-refractivity contribution in [1.29, 1.82) is 0 Å². The van der Waals surface area contributed by atoms with Gasteiger partial charge in [0.2, 0.25) is 0 Å². The fourth-order valence-corrected chi connectivity index (χ4v) is 3.22. The van der Waals surface area contributed by atoms with Crippen LogP contribution >= 0.6 is 0 Å². The molecule has 0 spiro atoms. The summed E-state index contributed by atoms with van der Waals surface area (Å²) in [4.78, 5) is 7.14. The Kier molecular flexibility index (Phi) is 5.03. The van der Waals surface area contributed by atoms with Gasteiger partial charge in [0, 0.05) is 25.3 Å². The first-order chi connectivity index (χ1) is 9.47. The van der Waals surface area contributed by atoms with Crippen LogP contribution in [0.15, 0.2) is 12.3 Å². The minimum Gasteiger partial charge on any atom is -0.356 e. The highest BCUT2D eigenvalue weighted by Gasteiger charge is 2.23. The number of nitrogens with zero attached hydrogens (tertiary/aromatic N) is 2. The molecule has 1 aromatic rings. The van der Waals surface area contributed by atoms with E-state index in [0.717, 1.165) is 31.3 Å². The van der Waals surface area contributed by atoms with E-state index in [0.29, 0.717) is 0 Å². The second-order valence-corrected chi connectivity index (χ2v) is 6.73. The van der Waals surface area contributed by atoms with Crippen molar-refractivity contribution in [3.8, 4) is 0 Å². The molecular formula is C17H29N3. The summed E-state index contributed by atoms with van der Waals surface area (Å²) in [5.41, 5.74) is 8.39. The van der Waals surface area contributed by atoms with E-state index in [9.17, 15) is 0 Å². The molecule has 1 saturated heterocycles. The molecule has 0 radical (unpaired) electrons. The van der Waals surface area contributed by atoms with E-state index in [4.69, 9.17) is 10.7 Å². The zero-order chi connectivity index (χ0) is 14.7. The molecule has 0 amide bonds. The number of aromatic nitrogens is 1. The molecule has 20 heavy (non-hydrogen) atoms. The van der Waals surface area contributed by atoms with Crippen LogP contribution in [0.2, 0.25) is 0 Å². The van der Waals surface area contributed by atoms with Crippen molar-refractivity contribution >= 4 is 5.82 Å². The minimum atomic E-state index is 0.198. The van der Waals surface area contributed by atoms with Crippen molar-refractivity contribution in [2.45, 2.75) is 53.0 Å². The van der Waals surface area contributed by atoms with Crippen LogP contribution in [0.3, 0.4) is 0 Å². The second kappa shape index (κ2) is 6.57. The van der Waals surface area contributed by atoms with Crippen LogP contribution in [0, 0.1) is 18.8 Å². The number of aryl methyl sites for hydroxylation is 1. The summed E-state index contributed by atoms with van der Waals surface area (Å²) in [5, 5.41) is 0. The molecule has 112 valence electrons.